The number of ether oxygens (including phenoxy) is 2. The fourth-order valence-electron chi connectivity index (χ4n) is 1.78. The van der Waals surface area contributed by atoms with E-state index in [1.165, 1.54) is 30.7 Å². The number of aliphatic hydroxyl groups excluding tert-OH is 1. The predicted molar refractivity (Wildman–Crippen MR) is 71.7 cm³/mol. The molecule has 0 amide bonds. The maximum atomic E-state index is 12.5. The van der Waals surface area contributed by atoms with Crippen LogP contribution in [0.15, 0.2) is 21.6 Å². The first-order valence-electron chi connectivity index (χ1n) is 6.16. The molecule has 0 fully saturated rings. The highest BCUT2D eigenvalue weighted by atomic mass is 32.2. The molecule has 1 unspecified atom stereocenters. The van der Waals surface area contributed by atoms with Gasteiger partial charge >= 0.3 is 0 Å². The highest BCUT2D eigenvalue weighted by Crippen LogP contribution is 2.21. The molecule has 1 aromatic rings. The maximum Gasteiger partial charge on any atom is 0.276 e. The molecule has 20 heavy (non-hydrogen) atoms. The average molecular weight is 307 g/mol. The number of furan rings is 1. The third-order valence-electron chi connectivity index (χ3n) is 2.77. The second-order valence-electron chi connectivity index (χ2n) is 4.29. The number of rotatable bonds is 9. The van der Waals surface area contributed by atoms with Crippen LogP contribution >= 0.6 is 0 Å². The Morgan fingerprint density at radius 1 is 1.35 bits per heavy atom. The second kappa shape index (κ2) is 7.75. The van der Waals surface area contributed by atoms with Gasteiger partial charge in [0.2, 0.25) is 5.09 Å². The van der Waals surface area contributed by atoms with Gasteiger partial charge in [0.05, 0.1) is 13.2 Å². The van der Waals surface area contributed by atoms with Crippen molar-refractivity contribution >= 4 is 10.0 Å². The number of hydrogen-bond acceptors (Lipinski definition) is 6. The molecule has 8 heteroatoms. The van der Waals surface area contributed by atoms with E-state index < -0.39 is 10.0 Å². The summed E-state index contributed by atoms with van der Waals surface area (Å²) in [5, 5.41) is 8.75. The predicted octanol–water partition coefficient (Wildman–Crippen LogP) is 0.444. The van der Waals surface area contributed by atoms with E-state index in [1.54, 1.807) is 6.92 Å². The summed E-state index contributed by atoms with van der Waals surface area (Å²) in [5.41, 5.74) is 0. The highest BCUT2D eigenvalue weighted by Gasteiger charge is 2.31. The van der Waals surface area contributed by atoms with Gasteiger partial charge in [0.1, 0.15) is 12.4 Å². The number of aliphatic hydroxyl groups is 1. The van der Waals surface area contributed by atoms with Crippen LogP contribution in [0.3, 0.4) is 0 Å². The quantitative estimate of drug-likeness (QED) is 0.712. The van der Waals surface area contributed by atoms with Gasteiger partial charge in [-0.2, -0.15) is 4.31 Å². The zero-order valence-electron chi connectivity index (χ0n) is 11.9. The Kier molecular flexibility index (Phi) is 6.63. The summed E-state index contributed by atoms with van der Waals surface area (Å²) in [7, 11) is -0.778. The minimum absolute atomic E-state index is 0.193. The Labute approximate surface area is 119 Å². The van der Waals surface area contributed by atoms with Gasteiger partial charge in [0, 0.05) is 26.8 Å². The van der Waals surface area contributed by atoms with Crippen molar-refractivity contribution in [1.82, 2.24) is 4.31 Å². The van der Waals surface area contributed by atoms with Crippen LogP contribution in [-0.4, -0.2) is 57.8 Å². The molecule has 1 atom stereocenters. The van der Waals surface area contributed by atoms with E-state index in [1.807, 2.05) is 0 Å². The van der Waals surface area contributed by atoms with E-state index in [0.29, 0.717) is 0 Å². The fraction of sp³-hybridized carbons (Fsp3) is 0.667. The largest absolute Gasteiger partial charge is 0.446 e. The van der Waals surface area contributed by atoms with Crippen LogP contribution in [0, 0.1) is 0 Å². The van der Waals surface area contributed by atoms with E-state index in [2.05, 4.69) is 0 Å². The van der Waals surface area contributed by atoms with Gasteiger partial charge in [-0.05, 0) is 19.1 Å². The average Bonchev–Trinajstić information content (AvgIpc) is 2.88. The Morgan fingerprint density at radius 3 is 2.55 bits per heavy atom. The lowest BCUT2D eigenvalue weighted by Gasteiger charge is -2.26. The van der Waals surface area contributed by atoms with E-state index in [9.17, 15) is 8.42 Å². The lowest BCUT2D eigenvalue weighted by atomic mass is 10.3. The maximum absolute atomic E-state index is 12.5. The molecule has 0 aliphatic rings. The van der Waals surface area contributed by atoms with E-state index in [4.69, 9.17) is 19.0 Å². The molecule has 1 N–H and O–H groups in total. The van der Waals surface area contributed by atoms with Crippen LogP contribution in [0.1, 0.15) is 12.7 Å². The van der Waals surface area contributed by atoms with Gasteiger partial charge in [-0.15, -0.1) is 0 Å². The second-order valence-corrected chi connectivity index (χ2v) is 6.11. The number of methoxy groups -OCH3 is 2. The molecule has 0 saturated heterocycles. The molecule has 0 aliphatic carbocycles. The molecule has 0 aromatic carbocycles. The molecule has 0 saturated carbocycles. The van der Waals surface area contributed by atoms with Crippen LogP contribution in [0.2, 0.25) is 0 Å². The number of sulfonamides is 1. The molecule has 0 spiro atoms. The third-order valence-corrected chi connectivity index (χ3v) is 4.66. The summed E-state index contributed by atoms with van der Waals surface area (Å²) in [5.74, 6) is 0.203. The van der Waals surface area contributed by atoms with Crippen molar-refractivity contribution in [3.05, 3.63) is 17.9 Å². The molecule has 7 nitrogen and oxygen atoms in total. The Bertz CT molecular complexity index is 498. The van der Waals surface area contributed by atoms with Gasteiger partial charge in [0.15, 0.2) is 0 Å². The minimum atomic E-state index is -3.79. The van der Waals surface area contributed by atoms with Crippen molar-refractivity contribution in [3.63, 3.8) is 0 Å². The van der Waals surface area contributed by atoms with Crippen LogP contribution in [0.4, 0.5) is 0 Å². The van der Waals surface area contributed by atoms with Crippen molar-refractivity contribution < 1.29 is 27.4 Å². The topological polar surface area (TPSA) is 89.2 Å². The molecule has 116 valence electrons. The first kappa shape index (κ1) is 17.1. The van der Waals surface area contributed by atoms with Gasteiger partial charge in [-0.3, -0.25) is 0 Å². The Hall–Kier alpha value is -0.930. The first-order valence-corrected chi connectivity index (χ1v) is 7.60. The molecular weight excluding hydrogens is 286 g/mol. The fourth-order valence-corrected chi connectivity index (χ4v) is 3.31. The van der Waals surface area contributed by atoms with Crippen molar-refractivity contribution in [2.45, 2.75) is 24.7 Å². The van der Waals surface area contributed by atoms with E-state index >= 15 is 0 Å². The number of hydrogen-bond donors (Lipinski definition) is 1. The van der Waals surface area contributed by atoms with Gasteiger partial charge < -0.3 is 19.0 Å². The van der Waals surface area contributed by atoms with Gasteiger partial charge in [0.25, 0.3) is 10.0 Å². The highest BCUT2D eigenvalue weighted by molar-refractivity contribution is 7.89. The molecule has 0 radical (unpaired) electrons. The summed E-state index contributed by atoms with van der Waals surface area (Å²) < 4.78 is 41.4. The van der Waals surface area contributed by atoms with Gasteiger partial charge in [-0.1, -0.05) is 0 Å². The van der Waals surface area contributed by atoms with Gasteiger partial charge in [-0.25, -0.2) is 8.42 Å². The summed E-state index contributed by atoms with van der Waals surface area (Å²) in [6.45, 7) is 2.11. The van der Waals surface area contributed by atoms with Crippen molar-refractivity contribution in [2.24, 2.45) is 0 Å². The van der Waals surface area contributed by atoms with Crippen LogP contribution in [0.25, 0.3) is 0 Å². The molecule has 0 bridgehead atoms. The van der Waals surface area contributed by atoms with E-state index in [0.717, 1.165) is 0 Å². The minimum Gasteiger partial charge on any atom is -0.446 e. The van der Waals surface area contributed by atoms with Crippen LogP contribution in [0.5, 0.6) is 0 Å². The third kappa shape index (κ3) is 4.03. The molecular formula is C12H21NO6S. The smallest absolute Gasteiger partial charge is 0.276 e. The standard InChI is InChI=1S/C12H21NO6S/c1-10(9-18-3)13(6-7-17-2)20(15,16)12-5-4-11(8-14)19-12/h4-5,10,14H,6-9H2,1-3H3. The zero-order chi connectivity index (χ0) is 15.2. The lowest BCUT2D eigenvalue weighted by Crippen LogP contribution is -2.42. The normalized spacial score (nSPS) is 13.8. The monoisotopic (exact) mass is 307 g/mol. The summed E-state index contributed by atoms with van der Waals surface area (Å²) in [4.78, 5) is 0. The summed E-state index contributed by atoms with van der Waals surface area (Å²) in [6.07, 6.45) is 0. The molecule has 1 aromatic heterocycles. The number of nitrogens with zero attached hydrogens (tertiary/aromatic N) is 1. The first-order chi connectivity index (χ1) is 9.47. The SMILES string of the molecule is COCCN(C(C)COC)S(=O)(=O)c1ccc(CO)o1. The van der Waals surface area contributed by atoms with E-state index in [-0.39, 0.29) is 43.3 Å². The van der Waals surface area contributed by atoms with Crippen molar-refractivity contribution in [1.29, 1.82) is 0 Å². The van der Waals surface area contributed by atoms with Crippen molar-refractivity contribution in [3.8, 4) is 0 Å². The van der Waals surface area contributed by atoms with Crippen LogP contribution in [-0.2, 0) is 26.1 Å². The molecule has 1 rings (SSSR count). The van der Waals surface area contributed by atoms with Crippen molar-refractivity contribution in [2.75, 3.05) is 34.0 Å². The van der Waals surface area contributed by atoms with Crippen LogP contribution < -0.4 is 0 Å². The molecule has 0 aliphatic heterocycles. The summed E-state index contributed by atoms with van der Waals surface area (Å²) in [6, 6.07) is 2.41. The Balaban J connectivity index is 3.02. The molecule has 1 heterocycles. The zero-order valence-corrected chi connectivity index (χ0v) is 12.7. The summed E-state index contributed by atoms with van der Waals surface area (Å²) >= 11 is 0. The Morgan fingerprint density at radius 2 is 2.05 bits per heavy atom. The lowest BCUT2D eigenvalue weighted by molar-refractivity contribution is 0.117.